The molecule has 5 rings (SSSR count). The van der Waals surface area contributed by atoms with Crippen LogP contribution in [0.5, 0.6) is 11.5 Å². The highest BCUT2D eigenvalue weighted by Crippen LogP contribution is 2.43. The molecule has 0 bridgehead atoms. The van der Waals surface area contributed by atoms with E-state index >= 15 is 0 Å². The van der Waals surface area contributed by atoms with Crippen molar-refractivity contribution in [1.82, 2.24) is 14.8 Å². The second-order valence-electron chi connectivity index (χ2n) is 10.2. The molecule has 10 heteroatoms. The molecule has 42 heavy (non-hydrogen) atoms. The van der Waals surface area contributed by atoms with E-state index in [4.69, 9.17) is 19.6 Å². The van der Waals surface area contributed by atoms with Crippen molar-refractivity contribution in [1.29, 1.82) is 0 Å². The Morgan fingerprint density at radius 3 is 2.57 bits per heavy atom. The van der Waals surface area contributed by atoms with Crippen LogP contribution < -0.4 is 20.1 Å². The van der Waals surface area contributed by atoms with Crippen LogP contribution in [-0.2, 0) is 11.4 Å². The van der Waals surface area contributed by atoms with E-state index < -0.39 is 6.04 Å². The van der Waals surface area contributed by atoms with E-state index in [-0.39, 0.29) is 5.91 Å². The first-order chi connectivity index (χ1) is 20.3. The maximum absolute atomic E-state index is 13.9. The number of aromatic nitrogens is 3. The van der Waals surface area contributed by atoms with E-state index in [0.717, 1.165) is 34.6 Å². The van der Waals surface area contributed by atoms with Gasteiger partial charge in [0.25, 0.3) is 5.91 Å². The molecule has 0 fully saturated rings. The van der Waals surface area contributed by atoms with Gasteiger partial charge in [0.2, 0.25) is 11.1 Å². The third-order valence-corrected chi connectivity index (χ3v) is 8.45. The van der Waals surface area contributed by atoms with Crippen LogP contribution in [0.3, 0.4) is 0 Å². The van der Waals surface area contributed by atoms with Gasteiger partial charge in [-0.05, 0) is 84.1 Å². The van der Waals surface area contributed by atoms with Crippen molar-refractivity contribution in [3.63, 3.8) is 0 Å². The number of allylic oxidation sites excluding steroid dienone is 1. The average molecular weight is 649 g/mol. The molecule has 2 N–H and O–H groups in total. The Labute approximate surface area is 259 Å². The quantitative estimate of drug-likeness (QED) is 0.171. The first-order valence-corrected chi connectivity index (χ1v) is 15.6. The Morgan fingerprint density at radius 1 is 1.10 bits per heavy atom. The van der Waals surface area contributed by atoms with Crippen molar-refractivity contribution in [2.45, 2.75) is 51.9 Å². The fourth-order valence-corrected chi connectivity index (χ4v) is 6.16. The fraction of sp³-hybridized carbons (Fsp3) is 0.281. The number of carbonyl (C=O) groups excluding carboxylic acids is 1. The second kappa shape index (κ2) is 13.0. The lowest BCUT2D eigenvalue weighted by atomic mass is 9.94. The smallest absolute Gasteiger partial charge is 0.255 e. The van der Waals surface area contributed by atoms with Crippen LogP contribution >= 0.6 is 27.7 Å². The number of benzene rings is 3. The number of fused-ring (bicyclic) bond motifs is 1. The Morgan fingerprint density at radius 2 is 1.86 bits per heavy atom. The third kappa shape index (κ3) is 6.50. The summed E-state index contributed by atoms with van der Waals surface area (Å²) in [7, 11) is 1.61. The number of aryl methyl sites for hydroxylation is 2. The van der Waals surface area contributed by atoms with Crippen LogP contribution in [0.2, 0.25) is 0 Å². The lowest BCUT2D eigenvalue weighted by Crippen LogP contribution is -2.31. The number of carbonyl (C=O) groups is 1. The van der Waals surface area contributed by atoms with Crippen molar-refractivity contribution in [3.05, 3.63) is 98.7 Å². The van der Waals surface area contributed by atoms with Crippen LogP contribution in [0.25, 0.3) is 0 Å². The SMILES string of the molecule is CCCSc1nc2n(n1)C(c1cc(Br)c(OCc3cccc(C)c3)c(OC)c1)C(C(=O)Nc1cccc(C)c1)=C(C)N2. The Kier molecular flexibility index (Phi) is 9.23. The van der Waals surface area contributed by atoms with Gasteiger partial charge in [0.15, 0.2) is 11.5 Å². The number of hydrogen-bond acceptors (Lipinski definition) is 7. The lowest BCUT2D eigenvalue weighted by molar-refractivity contribution is -0.113. The van der Waals surface area contributed by atoms with Gasteiger partial charge >= 0.3 is 0 Å². The van der Waals surface area contributed by atoms with Crippen molar-refractivity contribution >= 4 is 45.2 Å². The van der Waals surface area contributed by atoms with Gasteiger partial charge in [-0.1, -0.05) is 60.6 Å². The molecule has 2 heterocycles. The topological polar surface area (TPSA) is 90.3 Å². The molecule has 1 unspecified atom stereocenters. The number of halogens is 1. The number of methoxy groups -OCH3 is 1. The number of nitrogens with one attached hydrogen (secondary N) is 2. The molecular weight excluding hydrogens is 614 g/mol. The number of amides is 1. The fourth-order valence-electron chi connectivity index (χ4n) is 4.90. The van der Waals surface area contributed by atoms with Crippen LogP contribution in [0.4, 0.5) is 11.6 Å². The predicted molar refractivity (Wildman–Crippen MR) is 172 cm³/mol. The molecule has 4 aromatic rings. The van der Waals surface area contributed by atoms with Crippen molar-refractivity contribution < 1.29 is 14.3 Å². The lowest BCUT2D eigenvalue weighted by Gasteiger charge is -2.29. The van der Waals surface area contributed by atoms with Crippen molar-refractivity contribution in [2.75, 3.05) is 23.5 Å². The van der Waals surface area contributed by atoms with E-state index in [9.17, 15) is 4.79 Å². The highest BCUT2D eigenvalue weighted by molar-refractivity contribution is 9.10. The first-order valence-electron chi connectivity index (χ1n) is 13.8. The standard InChI is InChI=1S/C32H34BrN5O3S/c1-6-13-42-32-36-31-34-21(4)27(30(39)35-24-12-8-10-20(3)15-24)28(38(31)37-32)23-16-25(33)29(26(17-23)40-5)41-18-22-11-7-9-19(2)14-22/h7-12,14-17,28H,6,13,18H2,1-5H3,(H,35,39)(H,34,36,37). The van der Waals surface area contributed by atoms with Crippen LogP contribution in [0, 0.1) is 13.8 Å². The van der Waals surface area contributed by atoms with E-state index in [1.165, 1.54) is 5.56 Å². The zero-order chi connectivity index (χ0) is 29.8. The number of thioether (sulfide) groups is 1. The Bertz CT molecular complexity index is 1650. The van der Waals surface area contributed by atoms with Gasteiger partial charge in [0.05, 0.1) is 17.2 Å². The van der Waals surface area contributed by atoms with Crippen molar-refractivity contribution in [3.8, 4) is 11.5 Å². The number of anilines is 2. The minimum atomic E-state index is -0.564. The monoisotopic (exact) mass is 647 g/mol. The van der Waals surface area contributed by atoms with E-state index in [0.29, 0.717) is 45.0 Å². The molecule has 1 aliphatic heterocycles. The van der Waals surface area contributed by atoms with Gasteiger partial charge in [0.1, 0.15) is 12.6 Å². The largest absolute Gasteiger partial charge is 0.493 e. The molecule has 0 spiro atoms. The number of nitrogens with zero attached hydrogens (tertiary/aromatic N) is 3. The molecule has 1 amide bonds. The minimum Gasteiger partial charge on any atom is -0.493 e. The van der Waals surface area contributed by atoms with E-state index in [1.54, 1.807) is 23.6 Å². The molecule has 8 nitrogen and oxygen atoms in total. The zero-order valence-electron chi connectivity index (χ0n) is 24.3. The molecule has 1 aliphatic rings. The minimum absolute atomic E-state index is 0.227. The first kappa shape index (κ1) is 29.7. The normalized spacial score (nSPS) is 14.3. The highest BCUT2D eigenvalue weighted by Gasteiger charge is 2.35. The number of rotatable bonds is 10. The molecule has 218 valence electrons. The zero-order valence-corrected chi connectivity index (χ0v) is 26.7. The summed E-state index contributed by atoms with van der Waals surface area (Å²) in [6.07, 6.45) is 1.00. The molecule has 0 saturated carbocycles. The summed E-state index contributed by atoms with van der Waals surface area (Å²) in [6.45, 7) is 8.45. The summed E-state index contributed by atoms with van der Waals surface area (Å²) in [6, 6.07) is 19.2. The van der Waals surface area contributed by atoms with Gasteiger partial charge in [0, 0.05) is 17.1 Å². The van der Waals surface area contributed by atoms with Gasteiger partial charge in [-0.2, -0.15) is 4.98 Å². The van der Waals surface area contributed by atoms with E-state index in [2.05, 4.69) is 52.5 Å². The van der Waals surface area contributed by atoms with Gasteiger partial charge < -0.3 is 20.1 Å². The summed E-state index contributed by atoms with van der Waals surface area (Å²) in [5.41, 5.74) is 6.04. The third-order valence-electron chi connectivity index (χ3n) is 6.82. The van der Waals surface area contributed by atoms with Gasteiger partial charge in [-0.15, -0.1) is 5.10 Å². The summed E-state index contributed by atoms with van der Waals surface area (Å²) < 4.78 is 14.5. The predicted octanol–water partition coefficient (Wildman–Crippen LogP) is 7.67. The maximum Gasteiger partial charge on any atom is 0.255 e. The molecule has 0 radical (unpaired) electrons. The molecule has 1 atom stereocenters. The molecule has 1 aromatic heterocycles. The van der Waals surface area contributed by atoms with Gasteiger partial charge in [-0.3, -0.25) is 4.79 Å². The van der Waals surface area contributed by atoms with Crippen LogP contribution in [0.1, 0.15) is 48.6 Å². The Balaban J connectivity index is 1.55. The summed E-state index contributed by atoms with van der Waals surface area (Å²) in [5.74, 6) is 2.38. The van der Waals surface area contributed by atoms with Gasteiger partial charge in [-0.25, -0.2) is 4.68 Å². The Hall–Kier alpha value is -3.76. The second-order valence-corrected chi connectivity index (χ2v) is 12.1. The molecular formula is C32H34BrN5O3S. The number of hydrogen-bond donors (Lipinski definition) is 2. The van der Waals surface area contributed by atoms with Crippen LogP contribution in [0.15, 0.2) is 81.6 Å². The molecule has 3 aromatic carbocycles. The van der Waals surface area contributed by atoms with Crippen LogP contribution in [-0.4, -0.2) is 33.5 Å². The molecule has 0 aliphatic carbocycles. The summed E-state index contributed by atoms with van der Waals surface area (Å²) >= 11 is 5.31. The average Bonchev–Trinajstić information content (AvgIpc) is 3.36. The number of ether oxygens (including phenoxy) is 2. The van der Waals surface area contributed by atoms with E-state index in [1.807, 2.05) is 62.4 Å². The maximum atomic E-state index is 13.9. The molecule has 0 saturated heterocycles. The summed E-state index contributed by atoms with van der Waals surface area (Å²) in [5, 5.41) is 11.9. The highest BCUT2D eigenvalue weighted by atomic mass is 79.9. The van der Waals surface area contributed by atoms with Crippen molar-refractivity contribution in [2.24, 2.45) is 0 Å². The summed E-state index contributed by atoms with van der Waals surface area (Å²) in [4.78, 5) is 18.6.